The summed E-state index contributed by atoms with van der Waals surface area (Å²) in [5.74, 6) is 0. The Morgan fingerprint density at radius 3 is 0.630 bits per heavy atom. The summed E-state index contributed by atoms with van der Waals surface area (Å²) in [7, 11) is 0. The third-order valence-electron chi connectivity index (χ3n) is 10.5. The Balaban J connectivity index is 1.52. The Morgan fingerprint density at radius 1 is 0.283 bits per heavy atom. The van der Waals surface area contributed by atoms with Gasteiger partial charge in [0.1, 0.15) is 0 Å². The second-order valence-electron chi connectivity index (χ2n) is 14.6. The zero-order chi connectivity index (χ0) is 32.4. The van der Waals surface area contributed by atoms with Crippen LogP contribution < -0.4 is 0 Å². The quantitative estimate of drug-likeness (QED) is 0.190. The minimum absolute atomic E-state index is 0.198. The van der Waals surface area contributed by atoms with Crippen molar-refractivity contribution in [2.45, 2.75) is 66.2 Å². The molecule has 0 radical (unpaired) electrons. The summed E-state index contributed by atoms with van der Waals surface area (Å²) in [6, 6.07) is 46.2. The summed E-state index contributed by atoms with van der Waals surface area (Å²) >= 11 is 0. The molecule has 46 heavy (non-hydrogen) atoms. The summed E-state index contributed by atoms with van der Waals surface area (Å²) in [6.07, 6.45) is 0. The summed E-state index contributed by atoms with van der Waals surface area (Å²) in [6.45, 7) is 18.4. The van der Waals surface area contributed by atoms with Crippen molar-refractivity contribution in [3.05, 3.63) is 166 Å². The van der Waals surface area contributed by atoms with Crippen LogP contribution >= 0.6 is 0 Å². The highest BCUT2D eigenvalue weighted by Crippen LogP contribution is 2.54. The average Bonchev–Trinajstić information content (AvgIpc) is 3.04. The molecule has 0 saturated carbocycles. The van der Waals surface area contributed by atoms with Crippen LogP contribution in [0.2, 0.25) is 0 Å². The fraction of sp³-hybridized carbons (Fsp3) is 0.217. The number of hydrogen-bond donors (Lipinski definition) is 0. The summed E-state index contributed by atoms with van der Waals surface area (Å²) in [4.78, 5) is 0. The Labute approximate surface area is 275 Å². The fourth-order valence-corrected chi connectivity index (χ4v) is 7.45. The van der Waals surface area contributed by atoms with Crippen LogP contribution in [0.5, 0.6) is 0 Å². The minimum atomic E-state index is -0.198. The van der Waals surface area contributed by atoms with Crippen molar-refractivity contribution in [3.63, 3.8) is 0 Å². The van der Waals surface area contributed by atoms with Crippen molar-refractivity contribution in [3.8, 4) is 44.5 Å². The van der Waals surface area contributed by atoms with Crippen molar-refractivity contribution >= 4 is 0 Å². The fourth-order valence-electron chi connectivity index (χ4n) is 7.45. The Hall–Kier alpha value is -4.68. The third kappa shape index (κ3) is 5.01. The van der Waals surface area contributed by atoms with Crippen LogP contribution in [0.25, 0.3) is 44.5 Å². The number of rotatable bonds is 4. The lowest BCUT2D eigenvalue weighted by molar-refractivity contribution is 0.521. The van der Waals surface area contributed by atoms with Gasteiger partial charge >= 0.3 is 0 Å². The highest BCUT2D eigenvalue weighted by atomic mass is 14.5. The molecule has 0 N–H and O–H groups in total. The normalized spacial score (nSPS) is 14.4. The topological polar surface area (TPSA) is 0 Å². The predicted molar refractivity (Wildman–Crippen MR) is 198 cm³/mol. The van der Waals surface area contributed by atoms with E-state index in [-0.39, 0.29) is 10.8 Å². The van der Waals surface area contributed by atoms with E-state index in [9.17, 15) is 0 Å². The van der Waals surface area contributed by atoms with Crippen molar-refractivity contribution in [1.29, 1.82) is 0 Å². The molecule has 0 aromatic heterocycles. The molecule has 6 aromatic carbocycles. The van der Waals surface area contributed by atoms with E-state index < -0.39 is 0 Å². The van der Waals surface area contributed by atoms with E-state index in [2.05, 4.69) is 177 Å². The highest BCUT2D eigenvalue weighted by molar-refractivity contribution is 5.89. The average molecular weight is 597 g/mol. The molecule has 0 heterocycles. The Morgan fingerprint density at radius 2 is 0.457 bits per heavy atom. The van der Waals surface area contributed by atoms with Gasteiger partial charge in [0.05, 0.1) is 0 Å². The second-order valence-corrected chi connectivity index (χ2v) is 14.6. The van der Waals surface area contributed by atoms with E-state index in [1.165, 1.54) is 89.0 Å². The lowest BCUT2D eigenvalue weighted by Crippen LogP contribution is -2.37. The number of benzene rings is 6. The first-order chi connectivity index (χ1) is 21.9. The zero-order valence-electron chi connectivity index (χ0n) is 28.5. The van der Waals surface area contributed by atoms with Gasteiger partial charge in [-0.25, -0.2) is 0 Å². The predicted octanol–water partition coefficient (Wildman–Crippen LogP) is 12.6. The third-order valence-corrected chi connectivity index (χ3v) is 10.5. The molecule has 1 aliphatic rings. The molecule has 0 aliphatic heterocycles. The van der Waals surface area contributed by atoms with Crippen molar-refractivity contribution < 1.29 is 0 Å². The molecular weight excluding hydrogens is 553 g/mol. The smallest absolute Gasteiger partial charge is 0.0153 e. The van der Waals surface area contributed by atoms with Gasteiger partial charge in [0.2, 0.25) is 0 Å². The Kier molecular flexibility index (Phi) is 7.17. The van der Waals surface area contributed by atoms with Gasteiger partial charge < -0.3 is 0 Å². The highest BCUT2D eigenvalue weighted by Gasteiger charge is 2.43. The number of fused-ring (bicyclic) bond motifs is 2. The first kappa shape index (κ1) is 30.0. The molecule has 7 rings (SSSR count). The maximum absolute atomic E-state index is 2.51. The molecular formula is C46H44. The van der Waals surface area contributed by atoms with Gasteiger partial charge in [0, 0.05) is 10.8 Å². The molecule has 6 aromatic rings. The van der Waals surface area contributed by atoms with Crippen LogP contribution in [0.3, 0.4) is 0 Å². The van der Waals surface area contributed by atoms with Gasteiger partial charge in [-0.05, 0) is 119 Å². The van der Waals surface area contributed by atoms with Gasteiger partial charge in [0.15, 0.2) is 0 Å². The van der Waals surface area contributed by atoms with E-state index in [4.69, 9.17) is 0 Å². The lowest BCUT2D eigenvalue weighted by atomic mass is 9.58. The van der Waals surface area contributed by atoms with Crippen LogP contribution in [-0.4, -0.2) is 0 Å². The van der Waals surface area contributed by atoms with E-state index >= 15 is 0 Å². The number of hydrogen-bond acceptors (Lipinski definition) is 0. The van der Waals surface area contributed by atoms with Gasteiger partial charge in [-0.2, -0.15) is 0 Å². The molecule has 0 heteroatoms. The molecule has 0 fully saturated rings. The SMILES string of the molecule is Cc1ccc(-c2cc3c(cc2-c2ccc(C)cc2)C(C)(C)c2cc(-c4ccc(C)cc4)c(-c4ccc(C)cc4)cc2C3(C)C)cc1. The molecule has 0 spiro atoms. The van der Waals surface area contributed by atoms with Crippen LogP contribution in [0.1, 0.15) is 72.2 Å². The van der Waals surface area contributed by atoms with E-state index in [1.807, 2.05) is 0 Å². The van der Waals surface area contributed by atoms with Gasteiger partial charge in [0.25, 0.3) is 0 Å². The standard InChI is InChI=1S/C46H44/c1-29-9-17-33(18-10-29)37-25-41-42(26-38(37)34-19-11-30(2)12-20-34)46(7,8)44-28-40(36-23-15-32(4)16-24-36)39(27-43(44)45(41,5)6)35-21-13-31(3)14-22-35/h9-28H,1-8H3. The van der Waals surface area contributed by atoms with Crippen molar-refractivity contribution in [2.24, 2.45) is 0 Å². The van der Waals surface area contributed by atoms with Gasteiger partial charge in [-0.15, -0.1) is 0 Å². The second kappa shape index (κ2) is 11.0. The maximum Gasteiger partial charge on any atom is 0.0153 e. The summed E-state index contributed by atoms with van der Waals surface area (Å²) in [5, 5.41) is 0. The Bertz CT molecular complexity index is 1760. The van der Waals surface area contributed by atoms with Crippen molar-refractivity contribution in [1.82, 2.24) is 0 Å². The zero-order valence-corrected chi connectivity index (χ0v) is 28.5. The van der Waals surface area contributed by atoms with Crippen LogP contribution in [0, 0.1) is 27.7 Å². The molecule has 0 saturated heterocycles. The van der Waals surface area contributed by atoms with Gasteiger partial charge in [-0.3, -0.25) is 0 Å². The number of aryl methyl sites for hydroxylation is 4. The molecule has 1 aliphatic carbocycles. The lowest BCUT2D eigenvalue weighted by Gasteiger charge is -2.45. The van der Waals surface area contributed by atoms with Gasteiger partial charge in [-0.1, -0.05) is 147 Å². The van der Waals surface area contributed by atoms with Crippen LogP contribution in [0.15, 0.2) is 121 Å². The van der Waals surface area contributed by atoms with Crippen LogP contribution in [-0.2, 0) is 10.8 Å². The molecule has 0 nitrogen and oxygen atoms in total. The summed E-state index contributed by atoms with van der Waals surface area (Å²) < 4.78 is 0. The first-order valence-electron chi connectivity index (χ1n) is 16.6. The molecule has 0 amide bonds. The molecule has 0 unspecified atom stereocenters. The monoisotopic (exact) mass is 596 g/mol. The van der Waals surface area contributed by atoms with E-state index in [1.54, 1.807) is 0 Å². The largest absolute Gasteiger partial charge is 0.0587 e. The van der Waals surface area contributed by atoms with E-state index in [0.717, 1.165) is 0 Å². The molecule has 0 atom stereocenters. The summed E-state index contributed by atoms with van der Waals surface area (Å²) in [5.41, 5.74) is 20.6. The van der Waals surface area contributed by atoms with Crippen molar-refractivity contribution in [2.75, 3.05) is 0 Å². The molecule has 228 valence electrons. The minimum Gasteiger partial charge on any atom is -0.0587 e. The van der Waals surface area contributed by atoms with E-state index in [0.29, 0.717) is 0 Å². The maximum atomic E-state index is 2.51. The molecule has 0 bridgehead atoms. The van der Waals surface area contributed by atoms with Crippen LogP contribution in [0.4, 0.5) is 0 Å². The first-order valence-corrected chi connectivity index (χ1v) is 16.6.